The molecule has 0 unspecified atom stereocenters. The molecule has 0 fully saturated rings. The van der Waals surface area contributed by atoms with E-state index in [0.717, 1.165) is 16.9 Å². The van der Waals surface area contributed by atoms with Crippen LogP contribution in [0, 0.1) is 19.8 Å². The lowest BCUT2D eigenvalue weighted by Gasteiger charge is -2.10. The van der Waals surface area contributed by atoms with Gasteiger partial charge in [0.1, 0.15) is 11.5 Å². The Morgan fingerprint density at radius 1 is 1.05 bits per heavy atom. The third-order valence-corrected chi connectivity index (χ3v) is 3.43. The minimum atomic E-state index is -0.357. The summed E-state index contributed by atoms with van der Waals surface area (Å²) < 4.78 is 11.1. The van der Waals surface area contributed by atoms with Crippen molar-refractivity contribution < 1.29 is 14.3 Å². The monoisotopic (exact) mass is 298 g/mol. The molecule has 0 aliphatic heterocycles. The third-order valence-electron chi connectivity index (χ3n) is 3.43. The van der Waals surface area contributed by atoms with E-state index in [2.05, 4.69) is 13.8 Å². The van der Waals surface area contributed by atoms with E-state index in [1.54, 1.807) is 30.3 Å². The van der Waals surface area contributed by atoms with Crippen molar-refractivity contribution >= 4 is 5.97 Å². The maximum Gasteiger partial charge on any atom is 0.343 e. The predicted octanol–water partition coefficient (Wildman–Crippen LogP) is 4.56. The molecule has 2 aromatic carbocycles. The van der Waals surface area contributed by atoms with Gasteiger partial charge in [-0.25, -0.2) is 4.79 Å². The lowest BCUT2D eigenvalue weighted by Crippen LogP contribution is -2.10. The van der Waals surface area contributed by atoms with Crippen molar-refractivity contribution in [3.8, 4) is 11.5 Å². The molecule has 2 rings (SSSR count). The fourth-order valence-electron chi connectivity index (χ4n) is 1.94. The van der Waals surface area contributed by atoms with Crippen molar-refractivity contribution in [1.82, 2.24) is 0 Å². The van der Waals surface area contributed by atoms with E-state index in [0.29, 0.717) is 23.8 Å². The van der Waals surface area contributed by atoms with E-state index >= 15 is 0 Å². The Kier molecular flexibility index (Phi) is 5.21. The number of rotatable bonds is 5. The third kappa shape index (κ3) is 4.10. The lowest BCUT2D eigenvalue weighted by molar-refractivity contribution is 0.0733. The van der Waals surface area contributed by atoms with Gasteiger partial charge in [0.2, 0.25) is 0 Å². The molecule has 3 nitrogen and oxygen atoms in total. The summed E-state index contributed by atoms with van der Waals surface area (Å²) in [5, 5.41) is 0. The van der Waals surface area contributed by atoms with Crippen molar-refractivity contribution in [2.75, 3.05) is 6.61 Å². The summed E-state index contributed by atoms with van der Waals surface area (Å²) in [5.41, 5.74) is 2.59. The Labute approximate surface area is 131 Å². The number of carbonyl (C=O) groups excluding carboxylic acids is 1. The highest BCUT2D eigenvalue weighted by Gasteiger charge is 2.11. The fourth-order valence-corrected chi connectivity index (χ4v) is 1.94. The fraction of sp³-hybridized carbons (Fsp3) is 0.316. The van der Waals surface area contributed by atoms with Crippen LogP contribution in [-0.2, 0) is 0 Å². The van der Waals surface area contributed by atoms with E-state index in [1.165, 1.54) is 0 Å². The van der Waals surface area contributed by atoms with Gasteiger partial charge < -0.3 is 9.47 Å². The molecule has 0 saturated heterocycles. The van der Waals surface area contributed by atoms with Gasteiger partial charge in [-0.2, -0.15) is 0 Å². The molecular weight excluding hydrogens is 276 g/mol. The number of ether oxygens (including phenoxy) is 2. The van der Waals surface area contributed by atoms with Crippen LogP contribution in [0.3, 0.4) is 0 Å². The first-order chi connectivity index (χ1) is 10.5. The molecule has 0 radical (unpaired) electrons. The molecule has 2 aromatic rings. The SMILES string of the molecule is Cc1cccc(OC(=O)c2ccc(OCC(C)C)cc2)c1C. The largest absolute Gasteiger partial charge is 0.493 e. The van der Waals surface area contributed by atoms with E-state index < -0.39 is 0 Å². The highest BCUT2D eigenvalue weighted by molar-refractivity contribution is 5.91. The van der Waals surface area contributed by atoms with Crippen molar-refractivity contribution in [2.45, 2.75) is 27.7 Å². The normalized spacial score (nSPS) is 10.6. The van der Waals surface area contributed by atoms with Crippen LogP contribution in [0.2, 0.25) is 0 Å². The van der Waals surface area contributed by atoms with Crippen LogP contribution in [0.25, 0.3) is 0 Å². The highest BCUT2D eigenvalue weighted by Crippen LogP contribution is 2.22. The number of aryl methyl sites for hydroxylation is 1. The summed E-state index contributed by atoms with van der Waals surface area (Å²) in [4.78, 5) is 12.2. The molecule has 0 aromatic heterocycles. The first kappa shape index (κ1) is 16.1. The molecule has 22 heavy (non-hydrogen) atoms. The maximum absolute atomic E-state index is 12.2. The van der Waals surface area contributed by atoms with Crippen LogP contribution in [0.15, 0.2) is 42.5 Å². The Balaban J connectivity index is 2.05. The van der Waals surface area contributed by atoms with Crippen LogP contribution in [0.1, 0.15) is 35.3 Å². The summed E-state index contributed by atoms with van der Waals surface area (Å²) in [5.74, 6) is 1.47. The predicted molar refractivity (Wildman–Crippen MR) is 87.6 cm³/mol. The topological polar surface area (TPSA) is 35.5 Å². The molecule has 0 N–H and O–H groups in total. The van der Waals surface area contributed by atoms with Gasteiger partial charge in [0.05, 0.1) is 12.2 Å². The van der Waals surface area contributed by atoms with Gasteiger partial charge in [0.15, 0.2) is 0 Å². The molecule has 0 saturated carbocycles. The molecular formula is C19H22O3. The number of benzene rings is 2. The molecule has 116 valence electrons. The summed E-state index contributed by atoms with van der Waals surface area (Å²) >= 11 is 0. The zero-order chi connectivity index (χ0) is 16.1. The van der Waals surface area contributed by atoms with E-state index in [9.17, 15) is 4.79 Å². The van der Waals surface area contributed by atoms with Gasteiger partial charge >= 0.3 is 5.97 Å². The van der Waals surface area contributed by atoms with Crippen molar-refractivity contribution in [3.05, 3.63) is 59.2 Å². The Hall–Kier alpha value is -2.29. The van der Waals surface area contributed by atoms with Crippen molar-refractivity contribution in [2.24, 2.45) is 5.92 Å². The zero-order valence-corrected chi connectivity index (χ0v) is 13.6. The summed E-state index contributed by atoms with van der Waals surface area (Å²) in [6, 6.07) is 12.7. The number of carbonyl (C=O) groups is 1. The van der Waals surface area contributed by atoms with Crippen LogP contribution in [0.4, 0.5) is 0 Å². The van der Waals surface area contributed by atoms with Crippen molar-refractivity contribution in [1.29, 1.82) is 0 Å². The Morgan fingerprint density at radius 2 is 1.73 bits per heavy atom. The minimum absolute atomic E-state index is 0.357. The van der Waals surface area contributed by atoms with Crippen LogP contribution in [-0.4, -0.2) is 12.6 Å². The number of hydrogen-bond donors (Lipinski definition) is 0. The quantitative estimate of drug-likeness (QED) is 0.599. The molecule has 0 aliphatic carbocycles. The molecule has 0 atom stereocenters. The second-order valence-corrected chi connectivity index (χ2v) is 5.82. The maximum atomic E-state index is 12.2. The molecule has 0 bridgehead atoms. The first-order valence-electron chi connectivity index (χ1n) is 7.48. The Morgan fingerprint density at radius 3 is 2.36 bits per heavy atom. The van der Waals surface area contributed by atoms with Crippen LogP contribution in [0.5, 0.6) is 11.5 Å². The average molecular weight is 298 g/mol. The van der Waals surface area contributed by atoms with Gasteiger partial charge in [-0.1, -0.05) is 26.0 Å². The first-order valence-corrected chi connectivity index (χ1v) is 7.48. The van der Waals surface area contributed by atoms with Gasteiger partial charge in [-0.15, -0.1) is 0 Å². The smallest absolute Gasteiger partial charge is 0.343 e. The molecule has 0 amide bonds. The van der Waals surface area contributed by atoms with E-state index in [1.807, 2.05) is 26.0 Å². The van der Waals surface area contributed by atoms with Gasteiger partial charge in [-0.05, 0) is 61.2 Å². The summed E-state index contributed by atoms with van der Waals surface area (Å²) in [7, 11) is 0. The molecule has 0 aliphatic rings. The van der Waals surface area contributed by atoms with Gasteiger partial charge in [0, 0.05) is 0 Å². The lowest BCUT2D eigenvalue weighted by atomic mass is 10.1. The Bertz CT molecular complexity index is 642. The molecule has 0 spiro atoms. The number of hydrogen-bond acceptors (Lipinski definition) is 3. The van der Waals surface area contributed by atoms with E-state index in [-0.39, 0.29) is 5.97 Å². The highest BCUT2D eigenvalue weighted by atomic mass is 16.5. The average Bonchev–Trinajstić information content (AvgIpc) is 2.50. The van der Waals surface area contributed by atoms with Crippen molar-refractivity contribution in [3.63, 3.8) is 0 Å². The van der Waals surface area contributed by atoms with Crippen LogP contribution < -0.4 is 9.47 Å². The standard InChI is InChI=1S/C19H22O3/c1-13(2)12-21-17-10-8-16(9-11-17)19(20)22-18-7-5-6-14(3)15(18)4/h5-11,13H,12H2,1-4H3. The second kappa shape index (κ2) is 7.12. The minimum Gasteiger partial charge on any atom is -0.493 e. The van der Waals surface area contributed by atoms with E-state index in [4.69, 9.17) is 9.47 Å². The summed E-state index contributed by atoms with van der Waals surface area (Å²) in [6.45, 7) is 8.78. The molecule has 0 heterocycles. The van der Waals surface area contributed by atoms with Crippen LogP contribution >= 0.6 is 0 Å². The second-order valence-electron chi connectivity index (χ2n) is 5.82. The zero-order valence-electron chi connectivity index (χ0n) is 13.6. The van der Waals surface area contributed by atoms with Gasteiger partial charge in [-0.3, -0.25) is 0 Å². The number of esters is 1. The summed E-state index contributed by atoms with van der Waals surface area (Å²) in [6.07, 6.45) is 0. The molecule has 3 heteroatoms. The van der Waals surface area contributed by atoms with Gasteiger partial charge in [0.25, 0.3) is 0 Å².